The Labute approximate surface area is 121 Å². The Kier molecular flexibility index (Phi) is 3.07. The number of benzene rings is 2. The molecule has 7 heteroatoms. The molecule has 1 N–H and O–H groups in total. The van der Waals surface area contributed by atoms with Crippen molar-refractivity contribution < 1.29 is 13.2 Å². The zero-order valence-corrected chi connectivity index (χ0v) is 11.3. The van der Waals surface area contributed by atoms with Crippen molar-refractivity contribution in [3.63, 3.8) is 0 Å². The van der Waals surface area contributed by atoms with E-state index in [1.165, 1.54) is 4.57 Å². The molecule has 0 aliphatic rings. The topological polar surface area (TPSA) is 20.7 Å². The summed E-state index contributed by atoms with van der Waals surface area (Å²) >= 11 is 11.0. The minimum absolute atomic E-state index is 0.0972. The van der Waals surface area contributed by atoms with Gasteiger partial charge in [0.15, 0.2) is 22.2 Å². The van der Waals surface area contributed by atoms with Crippen molar-refractivity contribution in [1.29, 1.82) is 0 Å². The van der Waals surface area contributed by atoms with Gasteiger partial charge in [0.05, 0.1) is 16.7 Å². The van der Waals surface area contributed by atoms with Gasteiger partial charge in [0, 0.05) is 17.2 Å². The first-order valence-electron chi connectivity index (χ1n) is 5.52. The smallest absolute Gasteiger partial charge is 0.194 e. The molecule has 0 saturated carbocycles. The van der Waals surface area contributed by atoms with Gasteiger partial charge in [-0.25, -0.2) is 13.2 Å². The minimum Gasteiger partial charge on any atom is -0.330 e. The summed E-state index contributed by atoms with van der Waals surface area (Å²) in [4.78, 5) is 2.87. The lowest BCUT2D eigenvalue weighted by atomic mass is 10.2. The van der Waals surface area contributed by atoms with Gasteiger partial charge in [-0.15, -0.1) is 0 Å². The van der Waals surface area contributed by atoms with Crippen molar-refractivity contribution in [2.24, 2.45) is 0 Å². The quantitative estimate of drug-likeness (QED) is 0.507. The molecular formula is C13H6ClF3N2S. The Morgan fingerprint density at radius 2 is 1.70 bits per heavy atom. The molecule has 0 bridgehead atoms. The number of aromatic nitrogens is 2. The highest BCUT2D eigenvalue weighted by atomic mass is 35.5. The average Bonchev–Trinajstić information content (AvgIpc) is 2.70. The fraction of sp³-hybridized carbons (Fsp3) is 0. The summed E-state index contributed by atoms with van der Waals surface area (Å²) in [5.41, 5.74) is 1.30. The van der Waals surface area contributed by atoms with E-state index in [4.69, 9.17) is 23.8 Å². The molecule has 0 radical (unpaired) electrons. The van der Waals surface area contributed by atoms with E-state index in [2.05, 4.69) is 4.98 Å². The Bertz CT molecular complexity index is 862. The summed E-state index contributed by atoms with van der Waals surface area (Å²) in [5.74, 6) is -4.06. The number of imidazole rings is 1. The summed E-state index contributed by atoms with van der Waals surface area (Å²) in [6, 6.07) is 6.69. The zero-order chi connectivity index (χ0) is 14.4. The van der Waals surface area contributed by atoms with Crippen LogP contribution in [0.3, 0.4) is 0 Å². The monoisotopic (exact) mass is 314 g/mol. The lowest BCUT2D eigenvalue weighted by Gasteiger charge is -2.06. The Hall–Kier alpha value is -1.79. The van der Waals surface area contributed by atoms with Crippen LogP contribution in [0.15, 0.2) is 30.3 Å². The maximum Gasteiger partial charge on any atom is 0.194 e. The number of nitrogens with one attached hydrogen (secondary N) is 1. The van der Waals surface area contributed by atoms with Crippen LogP contribution < -0.4 is 0 Å². The van der Waals surface area contributed by atoms with E-state index < -0.39 is 17.5 Å². The fourth-order valence-corrected chi connectivity index (χ4v) is 2.50. The number of H-pyrrole nitrogens is 1. The molecule has 1 heterocycles. The van der Waals surface area contributed by atoms with E-state index in [0.29, 0.717) is 16.1 Å². The van der Waals surface area contributed by atoms with Gasteiger partial charge in [-0.2, -0.15) is 0 Å². The molecule has 102 valence electrons. The molecule has 3 aromatic rings. The molecule has 0 fully saturated rings. The molecule has 0 amide bonds. The summed E-state index contributed by atoms with van der Waals surface area (Å²) in [6.45, 7) is 0. The normalized spacial score (nSPS) is 11.2. The zero-order valence-electron chi connectivity index (χ0n) is 9.75. The number of halogens is 4. The summed E-state index contributed by atoms with van der Waals surface area (Å²) in [7, 11) is 0. The largest absolute Gasteiger partial charge is 0.330 e. The van der Waals surface area contributed by atoms with Crippen LogP contribution in [0.25, 0.3) is 16.7 Å². The SMILES string of the molecule is Fc1cc(-n2c(=S)[nH]c3cc(Cl)ccc32)cc(F)c1F. The number of rotatable bonds is 1. The Morgan fingerprint density at radius 1 is 1.05 bits per heavy atom. The summed E-state index contributed by atoms with van der Waals surface area (Å²) < 4.78 is 41.3. The van der Waals surface area contributed by atoms with E-state index in [9.17, 15) is 13.2 Å². The van der Waals surface area contributed by atoms with Gasteiger partial charge < -0.3 is 4.98 Å². The molecule has 0 aliphatic heterocycles. The lowest BCUT2D eigenvalue weighted by Crippen LogP contribution is -1.99. The van der Waals surface area contributed by atoms with Crippen LogP contribution in [0.1, 0.15) is 0 Å². The molecule has 2 aromatic carbocycles. The number of fused-ring (bicyclic) bond motifs is 1. The highest BCUT2D eigenvalue weighted by Crippen LogP contribution is 2.24. The minimum atomic E-state index is -1.51. The maximum atomic E-state index is 13.3. The molecule has 3 rings (SSSR count). The maximum absolute atomic E-state index is 13.3. The van der Waals surface area contributed by atoms with Crippen molar-refractivity contribution in [2.45, 2.75) is 0 Å². The number of hydrogen-bond donors (Lipinski definition) is 1. The van der Waals surface area contributed by atoms with E-state index in [1.807, 2.05) is 0 Å². The highest BCUT2D eigenvalue weighted by molar-refractivity contribution is 7.71. The molecule has 2 nitrogen and oxygen atoms in total. The van der Waals surface area contributed by atoms with Gasteiger partial charge >= 0.3 is 0 Å². The van der Waals surface area contributed by atoms with Crippen molar-refractivity contribution in [2.75, 3.05) is 0 Å². The molecule has 0 atom stereocenters. The first kappa shape index (κ1) is 13.2. The average molecular weight is 315 g/mol. The van der Waals surface area contributed by atoms with Crippen LogP contribution in [0.2, 0.25) is 5.02 Å². The summed E-state index contributed by atoms with van der Waals surface area (Å²) in [6.07, 6.45) is 0. The number of hydrogen-bond acceptors (Lipinski definition) is 1. The molecule has 0 unspecified atom stereocenters. The fourth-order valence-electron chi connectivity index (χ4n) is 2.01. The van der Waals surface area contributed by atoms with Crippen LogP contribution in [0.4, 0.5) is 13.2 Å². The van der Waals surface area contributed by atoms with Crippen LogP contribution in [-0.4, -0.2) is 9.55 Å². The van der Waals surface area contributed by atoms with Crippen molar-refractivity contribution in [3.05, 3.63) is 57.6 Å². The van der Waals surface area contributed by atoms with E-state index in [-0.39, 0.29) is 10.5 Å². The summed E-state index contributed by atoms with van der Waals surface area (Å²) in [5, 5.41) is 0.498. The van der Waals surface area contributed by atoms with Crippen LogP contribution >= 0.6 is 23.8 Å². The first-order valence-corrected chi connectivity index (χ1v) is 6.31. The standard InChI is InChI=1S/C13H6ClF3N2S/c14-6-1-2-11-10(3-6)18-13(20)19(11)7-4-8(15)12(17)9(16)5-7/h1-5H,(H,18,20). The molecule has 0 spiro atoms. The van der Waals surface area contributed by atoms with Gasteiger partial charge in [0.2, 0.25) is 0 Å². The van der Waals surface area contributed by atoms with Crippen LogP contribution in [-0.2, 0) is 0 Å². The van der Waals surface area contributed by atoms with E-state index >= 15 is 0 Å². The van der Waals surface area contributed by atoms with E-state index in [0.717, 1.165) is 12.1 Å². The Morgan fingerprint density at radius 3 is 2.35 bits per heavy atom. The predicted octanol–water partition coefficient (Wildman–Crippen LogP) is 4.76. The third-order valence-corrected chi connectivity index (χ3v) is 3.39. The highest BCUT2D eigenvalue weighted by Gasteiger charge is 2.14. The molecule has 0 saturated heterocycles. The Balaban J connectivity index is 2.35. The van der Waals surface area contributed by atoms with Gasteiger partial charge in [-0.1, -0.05) is 11.6 Å². The van der Waals surface area contributed by atoms with Crippen molar-refractivity contribution in [1.82, 2.24) is 9.55 Å². The van der Waals surface area contributed by atoms with Crippen molar-refractivity contribution >= 4 is 34.9 Å². The number of nitrogens with zero attached hydrogens (tertiary/aromatic N) is 1. The number of aromatic amines is 1. The van der Waals surface area contributed by atoms with Gasteiger partial charge in [0.1, 0.15) is 0 Å². The van der Waals surface area contributed by atoms with E-state index in [1.54, 1.807) is 18.2 Å². The van der Waals surface area contributed by atoms with Crippen molar-refractivity contribution in [3.8, 4) is 5.69 Å². The van der Waals surface area contributed by atoms with Gasteiger partial charge in [-0.05, 0) is 30.4 Å². The first-order chi connectivity index (χ1) is 9.47. The second kappa shape index (κ2) is 4.64. The van der Waals surface area contributed by atoms with Gasteiger partial charge in [0.25, 0.3) is 0 Å². The third-order valence-electron chi connectivity index (χ3n) is 2.87. The predicted molar refractivity (Wildman–Crippen MR) is 73.3 cm³/mol. The molecular weight excluding hydrogens is 309 g/mol. The van der Waals surface area contributed by atoms with Gasteiger partial charge in [-0.3, -0.25) is 4.57 Å². The second-order valence-corrected chi connectivity index (χ2v) is 4.97. The molecule has 20 heavy (non-hydrogen) atoms. The third kappa shape index (κ3) is 2.01. The lowest BCUT2D eigenvalue weighted by molar-refractivity contribution is 0.446. The van der Waals surface area contributed by atoms with Crippen LogP contribution in [0.5, 0.6) is 0 Å². The van der Waals surface area contributed by atoms with Crippen LogP contribution in [0, 0.1) is 22.2 Å². The molecule has 0 aliphatic carbocycles. The molecule has 1 aromatic heterocycles. The second-order valence-electron chi connectivity index (χ2n) is 4.15.